The Morgan fingerprint density at radius 1 is 1.00 bits per heavy atom. The van der Waals surface area contributed by atoms with Crippen molar-refractivity contribution >= 4 is 51.4 Å². The monoisotopic (exact) mass is 559 g/mol. The van der Waals surface area contributed by atoms with Crippen molar-refractivity contribution in [3.05, 3.63) is 63.6 Å². The van der Waals surface area contributed by atoms with Crippen molar-refractivity contribution in [1.82, 2.24) is 9.80 Å². The van der Waals surface area contributed by atoms with E-state index in [4.69, 9.17) is 28.9 Å². The third kappa shape index (κ3) is 6.51. The van der Waals surface area contributed by atoms with Gasteiger partial charge < -0.3 is 15.5 Å². The first-order valence-corrected chi connectivity index (χ1v) is 14.2. The maximum absolute atomic E-state index is 13.3. The Morgan fingerprint density at radius 2 is 1.63 bits per heavy atom. The van der Waals surface area contributed by atoms with Crippen molar-refractivity contribution in [3.8, 4) is 0 Å². The molecule has 0 saturated carbocycles. The van der Waals surface area contributed by atoms with Gasteiger partial charge in [-0.3, -0.25) is 4.79 Å². The number of sulfone groups is 1. The van der Waals surface area contributed by atoms with Crippen LogP contribution in [0.15, 0.2) is 47.4 Å². The van der Waals surface area contributed by atoms with Gasteiger partial charge in [-0.25, -0.2) is 8.42 Å². The lowest BCUT2D eigenvalue weighted by atomic mass is 9.77. The van der Waals surface area contributed by atoms with Crippen LogP contribution in [0.25, 0.3) is 0 Å². The number of carbonyl (C=O) groups excluding carboxylic acids is 1. The molecule has 192 valence electrons. The fourth-order valence-corrected chi connectivity index (χ4v) is 5.94. The first-order valence-electron chi connectivity index (χ1n) is 11.6. The third-order valence-corrected chi connectivity index (χ3v) is 9.13. The van der Waals surface area contributed by atoms with Crippen LogP contribution in [0.3, 0.4) is 0 Å². The minimum absolute atomic E-state index is 0. The van der Waals surface area contributed by atoms with Crippen molar-refractivity contribution in [2.45, 2.75) is 43.2 Å². The molecule has 0 aliphatic carbocycles. The Hall–Kier alpha value is -1.35. The van der Waals surface area contributed by atoms with Crippen LogP contribution in [0.5, 0.6) is 0 Å². The van der Waals surface area contributed by atoms with Crippen LogP contribution in [0.2, 0.25) is 10.0 Å². The molecule has 2 saturated heterocycles. The molecule has 1 spiro atoms. The number of hydrogen-bond donors (Lipinski definition) is 1. The standard InChI is InChI=1S/C25H31Cl2N3O3S.ClH/c1-34(32,33)20-5-2-18(3-6-20)17-30-15-11-25(24(30)31)9-13-29(14-10-25)12-8-23(28)19-4-7-21(26)22(27)16-19;/h2-7,16,23H,8-15,17,28H2,1H3;1H. The van der Waals surface area contributed by atoms with Gasteiger partial charge in [0.15, 0.2) is 9.84 Å². The summed E-state index contributed by atoms with van der Waals surface area (Å²) in [6.45, 7) is 3.91. The van der Waals surface area contributed by atoms with Crippen molar-refractivity contribution in [2.75, 3.05) is 32.4 Å². The number of likely N-dealkylation sites (tertiary alicyclic amines) is 2. The lowest BCUT2D eigenvalue weighted by Crippen LogP contribution is -2.45. The Kier molecular flexibility index (Phi) is 9.16. The number of rotatable bonds is 7. The molecule has 35 heavy (non-hydrogen) atoms. The smallest absolute Gasteiger partial charge is 0.229 e. The predicted molar refractivity (Wildman–Crippen MR) is 143 cm³/mol. The third-order valence-electron chi connectivity index (χ3n) is 7.27. The molecular weight excluding hydrogens is 529 g/mol. The SMILES string of the molecule is CS(=O)(=O)c1ccc(CN2CCC3(CCN(CCC(N)c4ccc(Cl)c(Cl)c4)CC3)C2=O)cc1.Cl. The molecule has 2 aromatic carbocycles. The minimum atomic E-state index is -3.22. The average Bonchev–Trinajstić information content (AvgIpc) is 3.10. The highest BCUT2D eigenvalue weighted by atomic mass is 35.5. The van der Waals surface area contributed by atoms with E-state index in [-0.39, 0.29) is 29.8 Å². The van der Waals surface area contributed by atoms with Crippen LogP contribution >= 0.6 is 35.6 Å². The minimum Gasteiger partial charge on any atom is -0.338 e. The van der Waals surface area contributed by atoms with Gasteiger partial charge in [0.1, 0.15) is 0 Å². The number of nitrogens with zero attached hydrogens (tertiary/aromatic N) is 2. The van der Waals surface area contributed by atoms with Crippen LogP contribution < -0.4 is 5.73 Å². The predicted octanol–water partition coefficient (Wildman–Crippen LogP) is 4.72. The van der Waals surface area contributed by atoms with Crippen LogP contribution in [0, 0.1) is 5.41 Å². The normalized spacial score (nSPS) is 19.1. The molecule has 2 heterocycles. The number of benzene rings is 2. The second-order valence-corrected chi connectivity index (χ2v) is 12.4. The number of carbonyl (C=O) groups is 1. The van der Waals surface area contributed by atoms with Gasteiger partial charge >= 0.3 is 0 Å². The first-order chi connectivity index (χ1) is 16.1. The van der Waals surface area contributed by atoms with Crippen molar-refractivity contribution < 1.29 is 13.2 Å². The zero-order valence-corrected chi connectivity index (χ0v) is 22.9. The van der Waals surface area contributed by atoms with E-state index in [0.717, 1.165) is 63.0 Å². The van der Waals surface area contributed by atoms with Crippen molar-refractivity contribution in [1.29, 1.82) is 0 Å². The van der Waals surface area contributed by atoms with E-state index in [0.29, 0.717) is 21.5 Å². The highest BCUT2D eigenvalue weighted by Gasteiger charge is 2.47. The van der Waals surface area contributed by atoms with E-state index in [1.165, 1.54) is 6.26 Å². The summed E-state index contributed by atoms with van der Waals surface area (Å²) in [5.41, 5.74) is 8.03. The van der Waals surface area contributed by atoms with Crippen LogP contribution in [0.4, 0.5) is 0 Å². The van der Waals surface area contributed by atoms with E-state index >= 15 is 0 Å². The van der Waals surface area contributed by atoms with Gasteiger partial charge in [0.05, 0.1) is 20.4 Å². The molecule has 2 N–H and O–H groups in total. The first kappa shape index (κ1) is 28.2. The molecule has 6 nitrogen and oxygen atoms in total. The maximum atomic E-state index is 13.3. The van der Waals surface area contributed by atoms with E-state index in [1.54, 1.807) is 30.3 Å². The largest absolute Gasteiger partial charge is 0.338 e. The van der Waals surface area contributed by atoms with Gasteiger partial charge in [0.2, 0.25) is 5.91 Å². The summed E-state index contributed by atoms with van der Waals surface area (Å²) in [6, 6.07) is 12.3. The zero-order valence-electron chi connectivity index (χ0n) is 19.8. The summed E-state index contributed by atoms with van der Waals surface area (Å²) >= 11 is 12.1. The zero-order chi connectivity index (χ0) is 24.5. The highest BCUT2D eigenvalue weighted by Crippen LogP contribution is 2.42. The average molecular weight is 561 g/mol. The molecule has 2 fully saturated rings. The summed E-state index contributed by atoms with van der Waals surface area (Å²) in [4.78, 5) is 17.9. The Bertz CT molecular complexity index is 1150. The summed E-state index contributed by atoms with van der Waals surface area (Å²) in [6.07, 6.45) is 4.61. The van der Waals surface area contributed by atoms with Crippen molar-refractivity contribution in [3.63, 3.8) is 0 Å². The number of amides is 1. The quantitative estimate of drug-likeness (QED) is 0.530. The molecule has 4 rings (SSSR count). The van der Waals surface area contributed by atoms with Crippen LogP contribution in [0.1, 0.15) is 42.9 Å². The van der Waals surface area contributed by atoms with Gasteiger partial charge in [-0.1, -0.05) is 41.4 Å². The lowest BCUT2D eigenvalue weighted by Gasteiger charge is -2.38. The number of halogens is 3. The summed E-state index contributed by atoms with van der Waals surface area (Å²) in [7, 11) is -3.22. The highest BCUT2D eigenvalue weighted by molar-refractivity contribution is 7.90. The molecule has 1 amide bonds. The Balaban J connectivity index is 0.00000342. The molecule has 1 atom stereocenters. The van der Waals surface area contributed by atoms with Gasteiger partial charge in [0, 0.05) is 25.4 Å². The summed E-state index contributed by atoms with van der Waals surface area (Å²) in [5, 5.41) is 1.05. The van der Waals surface area contributed by atoms with Crippen molar-refractivity contribution in [2.24, 2.45) is 11.1 Å². The van der Waals surface area contributed by atoms with Gasteiger partial charge in [-0.15, -0.1) is 12.4 Å². The van der Waals surface area contributed by atoms with Gasteiger partial charge in [0.25, 0.3) is 0 Å². The van der Waals surface area contributed by atoms with Crippen LogP contribution in [-0.4, -0.2) is 56.6 Å². The molecule has 10 heteroatoms. The molecule has 2 aliphatic heterocycles. The molecule has 1 unspecified atom stereocenters. The lowest BCUT2D eigenvalue weighted by molar-refractivity contribution is -0.138. The Labute approximate surface area is 224 Å². The van der Waals surface area contributed by atoms with E-state index in [1.807, 2.05) is 17.0 Å². The number of nitrogens with two attached hydrogens (primary N) is 1. The molecular formula is C25H32Cl3N3O3S. The summed E-state index contributed by atoms with van der Waals surface area (Å²) < 4.78 is 23.3. The molecule has 2 aromatic rings. The van der Waals surface area contributed by atoms with E-state index in [2.05, 4.69) is 4.90 Å². The fourth-order valence-electron chi connectivity index (χ4n) is 5.01. The van der Waals surface area contributed by atoms with Gasteiger partial charge in [-0.05, 0) is 80.7 Å². The molecule has 2 aliphatic rings. The van der Waals surface area contributed by atoms with E-state index < -0.39 is 9.84 Å². The Morgan fingerprint density at radius 3 is 2.23 bits per heavy atom. The maximum Gasteiger partial charge on any atom is 0.229 e. The topological polar surface area (TPSA) is 83.7 Å². The molecule has 0 aromatic heterocycles. The van der Waals surface area contributed by atoms with Gasteiger partial charge in [-0.2, -0.15) is 0 Å². The number of hydrogen-bond acceptors (Lipinski definition) is 5. The van der Waals surface area contributed by atoms with E-state index in [9.17, 15) is 13.2 Å². The molecule has 0 radical (unpaired) electrons. The second kappa shape index (κ2) is 11.4. The molecule has 0 bridgehead atoms. The fraction of sp³-hybridized carbons (Fsp3) is 0.480. The van der Waals surface area contributed by atoms with Crippen LogP contribution in [-0.2, 0) is 21.2 Å². The number of piperidine rings is 1. The summed E-state index contributed by atoms with van der Waals surface area (Å²) in [5.74, 6) is 0.229. The second-order valence-electron chi connectivity index (χ2n) is 9.58.